The molecule has 0 saturated carbocycles. The molecule has 0 fully saturated rings. The summed E-state index contributed by atoms with van der Waals surface area (Å²) >= 11 is 1.62. The summed E-state index contributed by atoms with van der Waals surface area (Å²) in [7, 11) is 3.95. The predicted molar refractivity (Wildman–Crippen MR) is 165 cm³/mol. The molecule has 0 saturated heterocycles. The Hall–Kier alpha value is -1.16. The molecule has 2 aromatic carbocycles. The van der Waals surface area contributed by atoms with Crippen LogP contribution in [-0.4, -0.2) is 50.3 Å². The summed E-state index contributed by atoms with van der Waals surface area (Å²) in [6.45, 7) is 16.2. The molecule has 0 aliphatic heterocycles. The van der Waals surface area contributed by atoms with Crippen LogP contribution < -0.4 is 15.9 Å². The number of nitrogens with one attached hydrogen (secondary N) is 1. The van der Waals surface area contributed by atoms with Crippen LogP contribution in [0.15, 0.2) is 60.7 Å². The van der Waals surface area contributed by atoms with E-state index in [9.17, 15) is 4.79 Å². The van der Waals surface area contributed by atoms with E-state index in [2.05, 4.69) is 103 Å². The van der Waals surface area contributed by atoms with Crippen molar-refractivity contribution in [3.8, 4) is 0 Å². The van der Waals surface area contributed by atoms with Crippen molar-refractivity contribution in [3.05, 3.63) is 67.6 Å². The third-order valence-electron chi connectivity index (χ3n) is 4.88. The van der Waals surface area contributed by atoms with Crippen LogP contribution >= 0.6 is 17.6 Å². The zero-order chi connectivity index (χ0) is 29.3. The fraction of sp³-hybridized carbons (Fsp3) is 0.500. The van der Waals surface area contributed by atoms with E-state index >= 15 is 0 Å². The number of benzene rings is 2. The van der Waals surface area contributed by atoms with E-state index < -0.39 is 7.92 Å². The zero-order valence-corrected chi connectivity index (χ0v) is 27.1. The maximum atomic E-state index is 10.7. The topological polar surface area (TPSA) is 75.6 Å². The first-order valence-electron chi connectivity index (χ1n) is 13.2. The minimum absolute atomic E-state index is 0.0593. The fourth-order valence-corrected chi connectivity index (χ4v) is 5.49. The molecular weight excluding hydrogens is 606 g/mol. The van der Waals surface area contributed by atoms with Crippen LogP contribution in [0.25, 0.3) is 0 Å². The number of unbranched alkanes of at least 4 members (excludes halogenated alkanes) is 2. The Balaban J connectivity index is -0.000000543. The van der Waals surface area contributed by atoms with Gasteiger partial charge in [0.25, 0.3) is 0 Å². The second-order valence-corrected chi connectivity index (χ2v) is 10.6. The number of esters is 1. The number of hydrogen-bond donors (Lipinski definition) is 2. The number of carbonyl (C=O) groups excluding carboxylic acids is 2. The molecule has 0 atom stereocenters. The van der Waals surface area contributed by atoms with Crippen LogP contribution in [0.1, 0.15) is 65.7 Å². The van der Waals surface area contributed by atoms with Crippen molar-refractivity contribution >= 4 is 41.0 Å². The molecule has 38 heavy (non-hydrogen) atoms. The molecule has 2 rings (SSSR count). The van der Waals surface area contributed by atoms with Crippen molar-refractivity contribution in [2.75, 3.05) is 32.5 Å². The molecule has 2 N–H and O–H groups in total. The molecule has 0 aliphatic carbocycles. The number of halogens is 1. The van der Waals surface area contributed by atoms with Crippen LogP contribution in [-0.2, 0) is 31.6 Å². The van der Waals surface area contributed by atoms with Crippen molar-refractivity contribution in [1.82, 2.24) is 5.32 Å². The molecule has 5 nitrogen and oxygen atoms in total. The van der Waals surface area contributed by atoms with E-state index in [-0.39, 0.29) is 5.97 Å². The fourth-order valence-electron chi connectivity index (χ4n) is 2.96. The van der Waals surface area contributed by atoms with Gasteiger partial charge in [-0.3, -0.25) is 11.6 Å². The van der Waals surface area contributed by atoms with Gasteiger partial charge in [0.2, 0.25) is 0 Å². The monoisotopic (exact) mass is 656 g/mol. The van der Waals surface area contributed by atoms with Crippen LogP contribution in [0.3, 0.4) is 0 Å². The van der Waals surface area contributed by atoms with E-state index in [4.69, 9.17) is 14.6 Å². The molecule has 220 valence electrons. The van der Waals surface area contributed by atoms with Gasteiger partial charge in [0.05, 0.1) is 31.3 Å². The molecule has 0 radical (unpaired) electrons. The first-order chi connectivity index (χ1) is 18.6. The summed E-state index contributed by atoms with van der Waals surface area (Å²) < 4.78 is 4.88. The Morgan fingerprint density at radius 2 is 1.42 bits per heavy atom. The van der Waals surface area contributed by atoms with E-state index in [0.717, 1.165) is 51.6 Å². The first kappa shape index (κ1) is 41.3. The number of aliphatic hydroxyl groups is 1. The summed E-state index contributed by atoms with van der Waals surface area (Å²) in [4.78, 5) is 18.4. The number of ether oxygens (including phenoxy) is 1. The van der Waals surface area contributed by atoms with E-state index in [1.807, 2.05) is 6.92 Å². The second-order valence-electron chi connectivity index (χ2n) is 7.97. The standard InChI is InChI=1S/C17H21NP.C8H16O2.C4H10O.CHO.ClH.Ru.H/c1-2-13-18-14-15-19(16-9-5-3-6-10-16)17-11-7-4-8-12-17;1-3-5-7-10-8(9)6-4-2;1-2-3-4-5;1-2;;;/h3-12,18H,1-2,13-15H2;3-7H2,1-2H3;5H,2-4H2,1H3;1H;1H;;/q-1;;;-1;;+1;. The summed E-state index contributed by atoms with van der Waals surface area (Å²) in [5.41, 5.74) is 0. The molecule has 0 bridgehead atoms. The molecule has 0 amide bonds. The van der Waals surface area contributed by atoms with Gasteiger partial charge >= 0.3 is 33.0 Å². The maximum absolute atomic E-state index is 10.7. The average molecular weight is 656 g/mol. The minimum atomic E-state index is -0.663. The summed E-state index contributed by atoms with van der Waals surface area (Å²) in [5.74, 6) is -0.0593. The zero-order valence-electron chi connectivity index (χ0n) is 23.5. The van der Waals surface area contributed by atoms with E-state index in [0.29, 0.717) is 19.6 Å². The summed E-state index contributed by atoms with van der Waals surface area (Å²) in [6, 6.07) is 21.8. The van der Waals surface area contributed by atoms with Crippen molar-refractivity contribution in [1.29, 1.82) is 0 Å². The Labute approximate surface area is 248 Å². The van der Waals surface area contributed by atoms with Crippen LogP contribution in [0.2, 0.25) is 0 Å². The van der Waals surface area contributed by atoms with Crippen LogP contribution in [0.4, 0.5) is 0 Å². The van der Waals surface area contributed by atoms with E-state index in [1.165, 1.54) is 16.8 Å². The van der Waals surface area contributed by atoms with Gasteiger partial charge in [-0.15, -0.1) is 0 Å². The van der Waals surface area contributed by atoms with Gasteiger partial charge in [-0.2, -0.15) is 6.42 Å². The molecule has 0 aromatic heterocycles. The predicted octanol–water partition coefficient (Wildman–Crippen LogP) is 5.72. The summed E-state index contributed by atoms with van der Waals surface area (Å²) in [5, 5.41) is 14.5. The third kappa shape index (κ3) is 26.5. The van der Waals surface area contributed by atoms with Gasteiger partial charge in [-0.05, 0) is 50.1 Å². The van der Waals surface area contributed by atoms with Gasteiger partial charge in [-0.25, -0.2) is 0 Å². The van der Waals surface area contributed by atoms with Crippen molar-refractivity contribution in [3.63, 3.8) is 0 Å². The van der Waals surface area contributed by atoms with Crippen molar-refractivity contribution in [2.24, 2.45) is 0 Å². The third-order valence-corrected chi connectivity index (χ3v) is 7.69. The van der Waals surface area contributed by atoms with Gasteiger partial charge in [0, 0.05) is 19.6 Å². The van der Waals surface area contributed by atoms with Gasteiger partial charge in [-0.1, -0.05) is 70.0 Å². The molecular formula is C30H50ClNO4PRu-. The van der Waals surface area contributed by atoms with Crippen LogP contribution in [0, 0.1) is 6.92 Å². The Bertz CT molecular complexity index is 672. The number of hydrogen-bond acceptors (Lipinski definition) is 5. The Morgan fingerprint density at radius 3 is 1.79 bits per heavy atom. The molecule has 8 heteroatoms. The second kappa shape index (κ2) is 35.8. The molecule has 0 heterocycles. The van der Waals surface area contributed by atoms with Crippen molar-refractivity contribution in [2.45, 2.75) is 65.7 Å². The van der Waals surface area contributed by atoms with Crippen molar-refractivity contribution < 1.29 is 36.7 Å². The quantitative estimate of drug-likeness (QED) is 0.0681. The Kier molecular flexibility index (Phi) is 39.0. The average Bonchev–Trinajstić information content (AvgIpc) is 2.98. The first-order valence-corrected chi connectivity index (χ1v) is 17.3. The number of carbonyl (C=O) groups is 1. The van der Waals surface area contributed by atoms with Crippen LogP contribution in [0.5, 0.6) is 0 Å². The van der Waals surface area contributed by atoms with Gasteiger partial charge < -0.3 is 26.9 Å². The number of rotatable bonds is 14. The molecule has 0 aliphatic rings. The Morgan fingerprint density at radius 1 is 0.921 bits per heavy atom. The molecule has 0 unspecified atom stereocenters. The van der Waals surface area contributed by atoms with E-state index in [1.54, 1.807) is 17.3 Å². The molecule has 2 aromatic rings. The SMILES string of the molecule is CCCCO.CCCCOC(=O)CCC.[CH-]=O.[CH2-]CCNCC[PH+](c1ccccc1)c1ccccc1.[Cl][RuH]. The normalized spacial score (nSPS) is 9.29. The summed E-state index contributed by atoms with van der Waals surface area (Å²) in [6.07, 6.45) is 7.72. The molecule has 0 spiro atoms. The van der Waals surface area contributed by atoms with Gasteiger partial charge in [0.1, 0.15) is 0 Å². The number of aliphatic hydroxyl groups excluding tert-OH is 1. The van der Waals surface area contributed by atoms with Gasteiger partial charge in [0.15, 0.2) is 0 Å².